The molecule has 0 spiro atoms. The van der Waals surface area contributed by atoms with Crippen molar-refractivity contribution in [3.8, 4) is 0 Å². The summed E-state index contributed by atoms with van der Waals surface area (Å²) in [5, 5.41) is 4.53. The number of hydrogen-bond acceptors (Lipinski definition) is 2. The molecule has 5 nitrogen and oxygen atoms in total. The maximum Gasteiger partial charge on any atom is 0.255 e. The molecule has 1 aromatic carbocycles. The predicted molar refractivity (Wildman–Crippen MR) is 96.7 cm³/mol. The van der Waals surface area contributed by atoms with Crippen molar-refractivity contribution in [1.29, 1.82) is 0 Å². The number of hydrogen-bond donors (Lipinski definition) is 1. The van der Waals surface area contributed by atoms with Crippen LogP contribution in [0.25, 0.3) is 0 Å². The molecule has 0 unspecified atom stereocenters. The molecule has 0 bridgehead atoms. The summed E-state index contributed by atoms with van der Waals surface area (Å²) in [6.07, 6.45) is 4.51. The van der Waals surface area contributed by atoms with E-state index in [-0.39, 0.29) is 11.9 Å². The Labute approximate surface area is 147 Å². The van der Waals surface area contributed by atoms with E-state index in [1.165, 1.54) is 5.56 Å². The Morgan fingerprint density at radius 1 is 1.20 bits per heavy atom. The molecule has 0 atom stereocenters. The third-order valence-corrected chi connectivity index (χ3v) is 4.84. The van der Waals surface area contributed by atoms with Gasteiger partial charge < -0.3 is 9.88 Å². The summed E-state index contributed by atoms with van der Waals surface area (Å²) in [5.41, 5.74) is 5.21. The summed E-state index contributed by atoms with van der Waals surface area (Å²) in [7, 11) is 0. The minimum Gasteiger partial charge on any atom is -0.367 e. The van der Waals surface area contributed by atoms with Crippen LogP contribution in [0.2, 0.25) is 0 Å². The summed E-state index contributed by atoms with van der Waals surface area (Å²) in [6.45, 7) is 5.50. The topological polar surface area (TPSA) is 53.9 Å². The van der Waals surface area contributed by atoms with Crippen LogP contribution in [0.4, 0.5) is 0 Å². The van der Waals surface area contributed by atoms with Crippen LogP contribution in [-0.2, 0) is 6.42 Å². The van der Waals surface area contributed by atoms with E-state index < -0.39 is 0 Å². The number of likely N-dealkylation sites (tertiary alicyclic amines) is 1. The van der Waals surface area contributed by atoms with Crippen molar-refractivity contribution in [3.05, 3.63) is 76.9 Å². The Bertz CT molecular complexity index is 888. The second-order valence-corrected chi connectivity index (χ2v) is 6.79. The average Bonchev–Trinajstić information content (AvgIpc) is 3.13. The van der Waals surface area contributed by atoms with Crippen molar-refractivity contribution < 1.29 is 4.79 Å². The van der Waals surface area contributed by atoms with Crippen LogP contribution in [0, 0.1) is 13.8 Å². The first kappa shape index (κ1) is 15.7. The molecule has 0 aliphatic carbocycles. The molecule has 3 aromatic rings. The first-order valence-electron chi connectivity index (χ1n) is 8.63. The third-order valence-electron chi connectivity index (χ3n) is 4.84. The quantitative estimate of drug-likeness (QED) is 0.797. The highest BCUT2D eigenvalue weighted by atomic mass is 16.2. The van der Waals surface area contributed by atoms with Gasteiger partial charge in [0.15, 0.2) is 0 Å². The van der Waals surface area contributed by atoms with E-state index in [1.54, 1.807) is 0 Å². The molecule has 1 amide bonds. The molecule has 1 fully saturated rings. The molecular weight excluding hydrogens is 312 g/mol. The normalized spacial score (nSPS) is 14.6. The van der Waals surface area contributed by atoms with E-state index in [1.807, 2.05) is 47.1 Å². The van der Waals surface area contributed by atoms with E-state index >= 15 is 0 Å². The molecule has 4 rings (SSSR count). The lowest BCUT2D eigenvalue weighted by atomic mass is 10.0. The molecule has 0 saturated carbocycles. The lowest BCUT2D eigenvalue weighted by Crippen LogP contribution is -2.51. The zero-order valence-electron chi connectivity index (χ0n) is 14.6. The highest BCUT2D eigenvalue weighted by Gasteiger charge is 2.34. The fourth-order valence-corrected chi connectivity index (χ4v) is 3.52. The van der Waals surface area contributed by atoms with Crippen molar-refractivity contribution in [2.24, 2.45) is 0 Å². The zero-order valence-corrected chi connectivity index (χ0v) is 14.6. The average molecular weight is 334 g/mol. The largest absolute Gasteiger partial charge is 0.367 e. The first-order valence-corrected chi connectivity index (χ1v) is 8.63. The van der Waals surface area contributed by atoms with Crippen LogP contribution in [-0.4, -0.2) is 38.7 Å². The van der Waals surface area contributed by atoms with Crippen molar-refractivity contribution >= 4 is 5.91 Å². The minimum absolute atomic E-state index is 0.102. The van der Waals surface area contributed by atoms with Gasteiger partial charge in [-0.15, -0.1) is 0 Å². The standard InChI is InChI=1S/C20H22N4O/c1-14-8-15(2)24(22-14)18-12-23(13-18)20(25)19-11-21-10-17(19)9-16-6-4-3-5-7-16/h3-8,10-11,18,21H,9,12-13H2,1-2H3. The van der Waals surface area contributed by atoms with Gasteiger partial charge in [-0.25, -0.2) is 0 Å². The number of aromatic nitrogens is 3. The highest BCUT2D eigenvalue weighted by Crippen LogP contribution is 2.26. The molecule has 2 aromatic heterocycles. The van der Waals surface area contributed by atoms with Crippen LogP contribution >= 0.6 is 0 Å². The second kappa shape index (κ2) is 6.24. The molecule has 1 N–H and O–H groups in total. The van der Waals surface area contributed by atoms with Gasteiger partial charge in [0.25, 0.3) is 5.91 Å². The molecule has 3 heterocycles. The zero-order chi connectivity index (χ0) is 17.4. The molecule has 128 valence electrons. The van der Waals surface area contributed by atoms with Gasteiger partial charge in [-0.3, -0.25) is 9.48 Å². The van der Waals surface area contributed by atoms with Crippen LogP contribution in [0.1, 0.15) is 38.9 Å². The molecular formula is C20H22N4O. The molecule has 1 saturated heterocycles. The van der Waals surface area contributed by atoms with Crippen LogP contribution < -0.4 is 0 Å². The Kier molecular flexibility index (Phi) is 3.92. The van der Waals surface area contributed by atoms with E-state index in [9.17, 15) is 4.79 Å². The minimum atomic E-state index is 0.102. The Hall–Kier alpha value is -2.82. The number of carbonyl (C=O) groups is 1. The molecule has 25 heavy (non-hydrogen) atoms. The molecule has 1 aliphatic rings. The van der Waals surface area contributed by atoms with Crippen LogP contribution in [0.15, 0.2) is 48.8 Å². The van der Waals surface area contributed by atoms with Crippen molar-refractivity contribution in [2.45, 2.75) is 26.3 Å². The number of carbonyl (C=O) groups excluding carboxylic acids is 1. The van der Waals surface area contributed by atoms with E-state index in [4.69, 9.17) is 0 Å². The number of benzene rings is 1. The number of H-pyrrole nitrogens is 1. The first-order chi connectivity index (χ1) is 12.1. The Balaban J connectivity index is 1.45. The maximum absolute atomic E-state index is 12.8. The number of rotatable bonds is 4. The predicted octanol–water partition coefficient (Wildman–Crippen LogP) is 3.12. The van der Waals surface area contributed by atoms with Crippen LogP contribution in [0.5, 0.6) is 0 Å². The Morgan fingerprint density at radius 2 is 1.96 bits per heavy atom. The fourth-order valence-electron chi connectivity index (χ4n) is 3.52. The number of nitrogens with one attached hydrogen (secondary N) is 1. The van der Waals surface area contributed by atoms with Crippen molar-refractivity contribution in [3.63, 3.8) is 0 Å². The van der Waals surface area contributed by atoms with Gasteiger partial charge in [-0.05, 0) is 37.5 Å². The lowest BCUT2D eigenvalue weighted by molar-refractivity contribution is 0.0497. The smallest absolute Gasteiger partial charge is 0.255 e. The van der Waals surface area contributed by atoms with Gasteiger partial charge in [0.1, 0.15) is 0 Å². The molecule has 0 radical (unpaired) electrons. The van der Waals surface area contributed by atoms with Gasteiger partial charge in [-0.2, -0.15) is 5.10 Å². The van der Waals surface area contributed by atoms with Gasteiger partial charge in [0.2, 0.25) is 0 Å². The van der Waals surface area contributed by atoms with Gasteiger partial charge in [0, 0.05) is 31.2 Å². The summed E-state index contributed by atoms with van der Waals surface area (Å²) in [6, 6.07) is 12.6. The van der Waals surface area contributed by atoms with Crippen LogP contribution in [0.3, 0.4) is 0 Å². The van der Waals surface area contributed by atoms with E-state index in [2.05, 4.69) is 35.2 Å². The summed E-state index contributed by atoms with van der Waals surface area (Å²) in [4.78, 5) is 17.8. The van der Waals surface area contributed by atoms with Gasteiger partial charge in [-0.1, -0.05) is 30.3 Å². The SMILES string of the molecule is Cc1cc(C)n(C2CN(C(=O)c3c[nH]cc3Cc3ccccc3)C2)n1. The molecule has 5 heteroatoms. The lowest BCUT2D eigenvalue weighted by Gasteiger charge is -2.39. The van der Waals surface area contributed by atoms with E-state index in [0.29, 0.717) is 0 Å². The number of aromatic amines is 1. The maximum atomic E-state index is 12.8. The molecule has 1 aliphatic heterocycles. The highest BCUT2D eigenvalue weighted by molar-refractivity contribution is 5.96. The van der Waals surface area contributed by atoms with Gasteiger partial charge in [0.05, 0.1) is 17.3 Å². The Morgan fingerprint density at radius 3 is 2.64 bits per heavy atom. The summed E-state index contributed by atoms with van der Waals surface area (Å²) >= 11 is 0. The van der Waals surface area contributed by atoms with Crippen molar-refractivity contribution in [2.75, 3.05) is 13.1 Å². The monoisotopic (exact) mass is 334 g/mol. The van der Waals surface area contributed by atoms with Gasteiger partial charge >= 0.3 is 0 Å². The summed E-state index contributed by atoms with van der Waals surface area (Å²) < 4.78 is 2.04. The second-order valence-electron chi connectivity index (χ2n) is 6.79. The fraction of sp³-hybridized carbons (Fsp3) is 0.300. The number of amides is 1. The summed E-state index contributed by atoms with van der Waals surface area (Å²) in [5.74, 6) is 0.102. The third kappa shape index (κ3) is 2.97. The number of nitrogens with zero attached hydrogens (tertiary/aromatic N) is 3. The van der Waals surface area contributed by atoms with Crippen molar-refractivity contribution in [1.82, 2.24) is 19.7 Å². The number of aryl methyl sites for hydroxylation is 2. The van der Waals surface area contributed by atoms with E-state index in [0.717, 1.165) is 42.0 Å².